The second-order valence-corrected chi connectivity index (χ2v) is 6.24. The van der Waals surface area contributed by atoms with Gasteiger partial charge in [-0.1, -0.05) is 63.4 Å². The van der Waals surface area contributed by atoms with Gasteiger partial charge in [0.25, 0.3) is 0 Å². The Morgan fingerprint density at radius 3 is 2.22 bits per heavy atom. The zero-order valence-corrected chi connectivity index (χ0v) is 13.6. The van der Waals surface area contributed by atoms with Crippen LogP contribution >= 0.6 is 31.9 Å². The first-order valence-corrected chi connectivity index (χ1v) is 7.83. The summed E-state index contributed by atoms with van der Waals surface area (Å²) < 4.78 is 2.29. The third kappa shape index (κ3) is 3.46. The summed E-state index contributed by atoms with van der Waals surface area (Å²) in [6, 6.07) is 15.1. The van der Waals surface area contributed by atoms with Crippen molar-refractivity contribution in [1.29, 1.82) is 0 Å². The Kier molecular flexibility index (Phi) is 5.02. The van der Waals surface area contributed by atoms with Crippen LogP contribution in [0.5, 0.6) is 0 Å². The summed E-state index contributed by atoms with van der Waals surface area (Å²) in [5.41, 5.74) is 4.06. The number of benzene rings is 2. The summed E-state index contributed by atoms with van der Waals surface area (Å²) in [5.74, 6) is 0. The second kappa shape index (κ2) is 6.53. The predicted molar refractivity (Wildman–Crippen MR) is 85.9 cm³/mol. The van der Waals surface area contributed by atoms with E-state index < -0.39 is 0 Å². The lowest BCUT2D eigenvalue weighted by molar-refractivity contribution is 0.796. The van der Waals surface area contributed by atoms with Gasteiger partial charge < -0.3 is 0 Å². The number of rotatable bonds is 4. The van der Waals surface area contributed by atoms with Gasteiger partial charge in [-0.05, 0) is 53.8 Å². The van der Waals surface area contributed by atoms with Gasteiger partial charge in [-0.2, -0.15) is 0 Å². The molecule has 2 aromatic carbocycles. The molecule has 0 aliphatic carbocycles. The van der Waals surface area contributed by atoms with Gasteiger partial charge >= 0.3 is 0 Å². The molecule has 2 rings (SSSR count). The first kappa shape index (κ1) is 13.8. The Morgan fingerprint density at radius 2 is 1.56 bits per heavy atom. The second-order valence-electron chi connectivity index (χ2n) is 4.41. The van der Waals surface area contributed by atoms with Crippen molar-refractivity contribution < 1.29 is 0 Å². The van der Waals surface area contributed by atoms with Crippen molar-refractivity contribution in [3.63, 3.8) is 0 Å². The van der Waals surface area contributed by atoms with Crippen LogP contribution in [-0.2, 0) is 6.42 Å². The normalized spacial score (nSPS) is 10.6. The Hall–Kier alpha value is -0.600. The lowest BCUT2D eigenvalue weighted by Gasteiger charge is -2.10. The molecule has 0 spiro atoms. The average molecular weight is 368 g/mol. The Labute approximate surface area is 126 Å². The topological polar surface area (TPSA) is 0 Å². The highest BCUT2D eigenvalue weighted by Gasteiger charge is 2.05. The maximum atomic E-state index is 3.56. The minimum absolute atomic E-state index is 1.12. The van der Waals surface area contributed by atoms with Crippen LogP contribution in [0.25, 0.3) is 11.1 Å². The molecule has 0 aromatic heterocycles. The van der Waals surface area contributed by atoms with E-state index in [-0.39, 0.29) is 0 Å². The maximum absolute atomic E-state index is 3.56. The van der Waals surface area contributed by atoms with Crippen molar-refractivity contribution in [3.8, 4) is 11.1 Å². The average Bonchev–Trinajstić information content (AvgIpc) is 2.38. The van der Waals surface area contributed by atoms with E-state index in [1.165, 1.54) is 29.5 Å². The summed E-state index contributed by atoms with van der Waals surface area (Å²) in [6.45, 7) is 2.23. The van der Waals surface area contributed by atoms with Crippen molar-refractivity contribution in [2.45, 2.75) is 26.2 Å². The van der Waals surface area contributed by atoms with E-state index in [2.05, 4.69) is 81.2 Å². The minimum atomic E-state index is 1.12. The number of hydrogen-bond donors (Lipinski definition) is 0. The van der Waals surface area contributed by atoms with Gasteiger partial charge in [0.15, 0.2) is 0 Å². The molecule has 0 amide bonds. The van der Waals surface area contributed by atoms with Crippen molar-refractivity contribution in [1.82, 2.24) is 0 Å². The molecule has 0 bridgehead atoms. The number of unbranched alkanes of at least 4 members (excludes halogenated alkanes) is 1. The molecule has 2 heteroatoms. The molecular formula is C16H16Br2. The van der Waals surface area contributed by atoms with Crippen molar-refractivity contribution in [2.24, 2.45) is 0 Å². The molecule has 0 heterocycles. The molecule has 94 valence electrons. The van der Waals surface area contributed by atoms with Crippen molar-refractivity contribution in [2.75, 3.05) is 0 Å². The SMILES string of the molecule is CCCCc1cc(Br)ccc1-c1ccc(Br)cc1. The van der Waals surface area contributed by atoms with Gasteiger partial charge in [-0.15, -0.1) is 0 Å². The predicted octanol–water partition coefficient (Wildman–Crippen LogP) is 6.22. The minimum Gasteiger partial charge on any atom is -0.0654 e. The molecule has 0 radical (unpaired) electrons. The molecule has 0 nitrogen and oxygen atoms in total. The Morgan fingerprint density at radius 1 is 0.889 bits per heavy atom. The molecule has 0 atom stereocenters. The van der Waals surface area contributed by atoms with Crippen LogP contribution in [0.3, 0.4) is 0 Å². The quantitative estimate of drug-likeness (QED) is 0.601. The molecule has 0 aliphatic heterocycles. The fourth-order valence-electron chi connectivity index (χ4n) is 2.05. The summed E-state index contributed by atoms with van der Waals surface area (Å²) >= 11 is 7.05. The van der Waals surface area contributed by atoms with Crippen molar-refractivity contribution in [3.05, 3.63) is 57.0 Å². The van der Waals surface area contributed by atoms with E-state index in [0.29, 0.717) is 0 Å². The van der Waals surface area contributed by atoms with Crippen LogP contribution in [-0.4, -0.2) is 0 Å². The van der Waals surface area contributed by atoms with E-state index >= 15 is 0 Å². The van der Waals surface area contributed by atoms with Crippen LogP contribution < -0.4 is 0 Å². The molecule has 0 saturated heterocycles. The molecule has 0 saturated carbocycles. The smallest absolute Gasteiger partial charge is 0.0178 e. The first-order chi connectivity index (χ1) is 8.70. The van der Waals surface area contributed by atoms with Gasteiger partial charge in [-0.25, -0.2) is 0 Å². The molecule has 0 aliphatic rings. The number of halogens is 2. The van der Waals surface area contributed by atoms with E-state index in [1.54, 1.807) is 0 Å². The third-order valence-electron chi connectivity index (χ3n) is 3.02. The molecule has 2 aromatic rings. The van der Waals surface area contributed by atoms with Crippen LogP contribution in [0.2, 0.25) is 0 Å². The largest absolute Gasteiger partial charge is 0.0654 e. The van der Waals surface area contributed by atoms with E-state index in [1.807, 2.05) is 0 Å². The van der Waals surface area contributed by atoms with E-state index in [4.69, 9.17) is 0 Å². The van der Waals surface area contributed by atoms with E-state index in [9.17, 15) is 0 Å². The van der Waals surface area contributed by atoms with Gasteiger partial charge in [0.2, 0.25) is 0 Å². The maximum Gasteiger partial charge on any atom is 0.0178 e. The van der Waals surface area contributed by atoms with Crippen LogP contribution in [0.4, 0.5) is 0 Å². The first-order valence-electron chi connectivity index (χ1n) is 6.25. The molecular weight excluding hydrogens is 352 g/mol. The monoisotopic (exact) mass is 366 g/mol. The fraction of sp³-hybridized carbons (Fsp3) is 0.250. The number of aryl methyl sites for hydroxylation is 1. The lowest BCUT2D eigenvalue weighted by Crippen LogP contribution is -1.90. The molecule has 0 fully saturated rings. The zero-order valence-electron chi connectivity index (χ0n) is 10.4. The number of hydrogen-bond acceptors (Lipinski definition) is 0. The highest BCUT2D eigenvalue weighted by atomic mass is 79.9. The van der Waals surface area contributed by atoms with Gasteiger partial charge in [-0.3, -0.25) is 0 Å². The Bertz CT molecular complexity index is 515. The third-order valence-corrected chi connectivity index (χ3v) is 4.04. The standard InChI is InChI=1S/C16H16Br2/c1-2-3-4-13-11-15(18)9-10-16(13)12-5-7-14(17)8-6-12/h5-11H,2-4H2,1H3. The zero-order chi connectivity index (χ0) is 13.0. The fourth-order valence-corrected chi connectivity index (χ4v) is 2.72. The highest BCUT2D eigenvalue weighted by molar-refractivity contribution is 9.10. The van der Waals surface area contributed by atoms with Gasteiger partial charge in [0, 0.05) is 8.95 Å². The van der Waals surface area contributed by atoms with Gasteiger partial charge in [0.1, 0.15) is 0 Å². The van der Waals surface area contributed by atoms with Crippen LogP contribution in [0, 0.1) is 0 Å². The van der Waals surface area contributed by atoms with Crippen LogP contribution in [0.15, 0.2) is 51.4 Å². The summed E-state index contributed by atoms with van der Waals surface area (Å²) in [5, 5.41) is 0. The summed E-state index contributed by atoms with van der Waals surface area (Å²) in [7, 11) is 0. The van der Waals surface area contributed by atoms with Crippen molar-refractivity contribution >= 4 is 31.9 Å². The highest BCUT2D eigenvalue weighted by Crippen LogP contribution is 2.29. The summed E-state index contributed by atoms with van der Waals surface area (Å²) in [4.78, 5) is 0. The molecule has 0 unspecified atom stereocenters. The van der Waals surface area contributed by atoms with Crippen LogP contribution in [0.1, 0.15) is 25.3 Å². The summed E-state index contributed by atoms with van der Waals surface area (Å²) in [6.07, 6.45) is 3.60. The Balaban J connectivity index is 2.39. The van der Waals surface area contributed by atoms with E-state index in [0.717, 1.165) is 15.4 Å². The molecule has 18 heavy (non-hydrogen) atoms. The molecule has 0 N–H and O–H groups in total. The van der Waals surface area contributed by atoms with Gasteiger partial charge in [0.05, 0.1) is 0 Å². The lowest BCUT2D eigenvalue weighted by atomic mass is 9.96.